The van der Waals surface area contributed by atoms with Crippen LogP contribution in [0.15, 0.2) is 53.4 Å². The van der Waals surface area contributed by atoms with Crippen molar-refractivity contribution < 1.29 is 27.1 Å². The van der Waals surface area contributed by atoms with Gasteiger partial charge >= 0.3 is 5.97 Å². The average Bonchev–Trinajstić information content (AvgIpc) is 2.59. The summed E-state index contributed by atoms with van der Waals surface area (Å²) < 4.78 is 48.0. The van der Waals surface area contributed by atoms with Crippen LogP contribution in [0.5, 0.6) is 5.75 Å². The van der Waals surface area contributed by atoms with Gasteiger partial charge in [0.1, 0.15) is 24.8 Å². The number of aryl methyl sites for hydroxylation is 1. The Balaban J connectivity index is 1.89. The zero-order chi connectivity index (χ0) is 18.4. The number of hydrogen-bond donors (Lipinski definition) is 0. The van der Waals surface area contributed by atoms with Gasteiger partial charge in [0.05, 0.1) is 4.90 Å². The first-order chi connectivity index (χ1) is 11.8. The Hall–Kier alpha value is -2.41. The Morgan fingerprint density at radius 1 is 1.08 bits per heavy atom. The van der Waals surface area contributed by atoms with Crippen LogP contribution in [0.4, 0.5) is 4.39 Å². The molecule has 134 valence electrons. The van der Waals surface area contributed by atoms with E-state index in [-0.39, 0.29) is 18.1 Å². The summed E-state index contributed by atoms with van der Waals surface area (Å²) in [6.07, 6.45) is 0. The van der Waals surface area contributed by atoms with E-state index in [4.69, 9.17) is 9.47 Å². The minimum atomic E-state index is -3.93. The molecule has 0 heterocycles. The molecule has 0 fully saturated rings. The molecule has 0 spiro atoms. The number of rotatable bonds is 7. The number of benzene rings is 2. The monoisotopic (exact) mass is 366 g/mol. The van der Waals surface area contributed by atoms with Gasteiger partial charge in [0, 0.05) is 0 Å². The highest BCUT2D eigenvalue weighted by Crippen LogP contribution is 2.18. The minimum absolute atomic E-state index is 0.0730. The molecule has 0 amide bonds. The summed E-state index contributed by atoms with van der Waals surface area (Å²) in [5, 5.41) is -1.39. The van der Waals surface area contributed by atoms with Crippen molar-refractivity contribution >= 4 is 15.8 Å². The van der Waals surface area contributed by atoms with Crippen LogP contribution in [0.3, 0.4) is 0 Å². The smallest absolute Gasteiger partial charge is 0.324 e. The molecule has 0 saturated heterocycles. The van der Waals surface area contributed by atoms with Gasteiger partial charge in [0.15, 0.2) is 15.1 Å². The van der Waals surface area contributed by atoms with Crippen LogP contribution >= 0.6 is 0 Å². The maximum atomic E-state index is 12.9. The summed E-state index contributed by atoms with van der Waals surface area (Å²) in [5.41, 5.74) is 0.945. The molecule has 0 saturated carbocycles. The van der Waals surface area contributed by atoms with Gasteiger partial charge in [-0.15, -0.1) is 0 Å². The zero-order valence-corrected chi connectivity index (χ0v) is 14.8. The Morgan fingerprint density at radius 2 is 1.72 bits per heavy atom. The normalized spacial score (nSPS) is 12.4. The molecule has 1 atom stereocenters. The first kappa shape index (κ1) is 18.9. The van der Waals surface area contributed by atoms with E-state index < -0.39 is 26.9 Å². The summed E-state index contributed by atoms with van der Waals surface area (Å²) in [7, 11) is -3.93. The molecular weight excluding hydrogens is 347 g/mol. The molecule has 2 aromatic carbocycles. The number of esters is 1. The number of carbonyl (C=O) groups is 1. The summed E-state index contributed by atoms with van der Waals surface area (Å²) in [4.78, 5) is 11.8. The van der Waals surface area contributed by atoms with Gasteiger partial charge in [-0.25, -0.2) is 12.8 Å². The second-order valence-corrected chi connectivity index (χ2v) is 7.69. The average molecular weight is 366 g/mol. The third-order valence-corrected chi connectivity index (χ3v) is 5.67. The van der Waals surface area contributed by atoms with Gasteiger partial charge in [-0.1, -0.05) is 18.2 Å². The largest absolute Gasteiger partial charge is 0.490 e. The highest BCUT2D eigenvalue weighted by molar-refractivity contribution is 7.92. The van der Waals surface area contributed by atoms with Gasteiger partial charge in [-0.3, -0.25) is 4.79 Å². The van der Waals surface area contributed by atoms with Crippen LogP contribution in [0, 0.1) is 12.7 Å². The lowest BCUT2D eigenvalue weighted by molar-refractivity contribution is -0.143. The van der Waals surface area contributed by atoms with E-state index in [0.29, 0.717) is 5.75 Å². The molecule has 0 aliphatic carbocycles. The maximum Gasteiger partial charge on any atom is 0.324 e. The van der Waals surface area contributed by atoms with Gasteiger partial charge in [0.2, 0.25) is 0 Å². The van der Waals surface area contributed by atoms with Crippen molar-refractivity contribution in [2.75, 3.05) is 13.2 Å². The van der Waals surface area contributed by atoms with E-state index in [1.165, 1.54) is 6.92 Å². The van der Waals surface area contributed by atoms with Gasteiger partial charge in [-0.2, -0.15) is 0 Å². The summed E-state index contributed by atoms with van der Waals surface area (Å²) >= 11 is 0. The number of sulfone groups is 1. The first-order valence-electron chi connectivity index (χ1n) is 7.67. The Bertz CT molecular complexity index is 831. The molecule has 0 aliphatic rings. The van der Waals surface area contributed by atoms with Crippen LogP contribution in [0.2, 0.25) is 0 Å². The van der Waals surface area contributed by atoms with Crippen LogP contribution in [0.25, 0.3) is 0 Å². The topological polar surface area (TPSA) is 69.7 Å². The molecule has 0 aliphatic heterocycles. The molecule has 7 heteroatoms. The van der Waals surface area contributed by atoms with E-state index in [2.05, 4.69) is 0 Å². The third-order valence-electron chi connectivity index (χ3n) is 3.62. The lowest BCUT2D eigenvalue weighted by atomic mass is 10.2. The van der Waals surface area contributed by atoms with E-state index in [1.807, 2.05) is 25.1 Å². The Morgan fingerprint density at radius 3 is 2.36 bits per heavy atom. The second-order valence-electron chi connectivity index (χ2n) is 5.42. The quantitative estimate of drug-likeness (QED) is 0.428. The standard InChI is InChI=1S/C18H19FO5S/c1-13-5-3-4-6-17(13)23-11-12-24-18(20)14(2)25(21,22)16-9-7-15(19)8-10-16/h3-10,14H,11-12H2,1-2H3/t14-/m1/s1. The Labute approximate surface area is 146 Å². The van der Waals surface area contributed by atoms with Crippen molar-refractivity contribution in [2.24, 2.45) is 0 Å². The molecule has 5 nitrogen and oxygen atoms in total. The van der Waals surface area contributed by atoms with Crippen molar-refractivity contribution in [1.29, 1.82) is 0 Å². The summed E-state index contributed by atoms with van der Waals surface area (Å²) in [5.74, 6) is -0.759. The third kappa shape index (κ3) is 4.79. The number of hydrogen-bond acceptors (Lipinski definition) is 5. The van der Waals surface area contributed by atoms with Crippen LogP contribution in [-0.4, -0.2) is 32.9 Å². The lowest BCUT2D eigenvalue weighted by Gasteiger charge is -2.13. The van der Waals surface area contributed by atoms with Crippen molar-refractivity contribution in [3.05, 3.63) is 59.9 Å². The van der Waals surface area contributed by atoms with Crippen LogP contribution in [0.1, 0.15) is 12.5 Å². The molecule has 0 bridgehead atoms. The fraction of sp³-hybridized carbons (Fsp3) is 0.278. The second kappa shape index (κ2) is 8.11. The van der Waals surface area contributed by atoms with Crippen LogP contribution in [-0.2, 0) is 19.4 Å². The molecule has 0 aromatic heterocycles. The molecule has 25 heavy (non-hydrogen) atoms. The predicted octanol–water partition coefficient (Wildman–Crippen LogP) is 2.92. The van der Waals surface area contributed by atoms with Gasteiger partial charge in [-0.05, 0) is 49.7 Å². The fourth-order valence-electron chi connectivity index (χ4n) is 2.08. The SMILES string of the molecule is Cc1ccccc1OCCOC(=O)[C@@H](C)S(=O)(=O)c1ccc(F)cc1. The van der Waals surface area contributed by atoms with Crippen molar-refractivity contribution in [1.82, 2.24) is 0 Å². The predicted molar refractivity (Wildman–Crippen MR) is 90.7 cm³/mol. The zero-order valence-electron chi connectivity index (χ0n) is 13.9. The highest BCUT2D eigenvalue weighted by Gasteiger charge is 2.31. The van der Waals surface area contributed by atoms with E-state index in [1.54, 1.807) is 6.07 Å². The summed E-state index contributed by atoms with van der Waals surface area (Å²) in [6, 6.07) is 11.7. The van der Waals surface area contributed by atoms with E-state index >= 15 is 0 Å². The molecular formula is C18H19FO5S. The molecule has 0 unspecified atom stereocenters. The van der Waals surface area contributed by atoms with Crippen molar-refractivity contribution in [3.63, 3.8) is 0 Å². The summed E-state index contributed by atoms with van der Waals surface area (Å²) in [6.45, 7) is 3.16. The molecule has 2 rings (SSSR count). The number of para-hydroxylation sites is 1. The van der Waals surface area contributed by atoms with Gasteiger partial charge < -0.3 is 9.47 Å². The first-order valence-corrected chi connectivity index (χ1v) is 9.21. The van der Waals surface area contributed by atoms with Crippen LogP contribution < -0.4 is 4.74 Å². The fourth-order valence-corrected chi connectivity index (χ4v) is 3.33. The van der Waals surface area contributed by atoms with Gasteiger partial charge in [0.25, 0.3) is 0 Å². The lowest BCUT2D eigenvalue weighted by Crippen LogP contribution is -2.30. The van der Waals surface area contributed by atoms with Crippen molar-refractivity contribution in [3.8, 4) is 5.75 Å². The van der Waals surface area contributed by atoms with Crippen molar-refractivity contribution in [2.45, 2.75) is 24.0 Å². The van der Waals surface area contributed by atoms with E-state index in [0.717, 1.165) is 29.8 Å². The molecule has 0 radical (unpaired) electrons. The molecule has 2 aromatic rings. The minimum Gasteiger partial charge on any atom is -0.490 e. The maximum absolute atomic E-state index is 12.9. The number of halogens is 1. The number of carbonyl (C=O) groups excluding carboxylic acids is 1. The Kier molecular flexibility index (Phi) is 6.14. The highest BCUT2D eigenvalue weighted by atomic mass is 32.2. The number of ether oxygens (including phenoxy) is 2. The molecule has 0 N–H and O–H groups in total. The van der Waals surface area contributed by atoms with E-state index in [9.17, 15) is 17.6 Å².